The summed E-state index contributed by atoms with van der Waals surface area (Å²) in [4.78, 5) is 11.3. The van der Waals surface area contributed by atoms with E-state index in [1.54, 1.807) is 13.1 Å². The van der Waals surface area contributed by atoms with Gasteiger partial charge in [-0.15, -0.1) is 0 Å². The molecule has 2 heterocycles. The van der Waals surface area contributed by atoms with Gasteiger partial charge < -0.3 is 14.5 Å². The first-order chi connectivity index (χ1) is 9.11. The Balaban J connectivity index is 2.06. The fraction of sp³-hybridized carbons (Fsp3) is 0.385. The van der Waals surface area contributed by atoms with Crippen molar-refractivity contribution in [1.82, 2.24) is 15.5 Å². The standard InChI is InChI=1S/C13H17N3O3/c1-8-4-5-11(19-8)12-10(7-15-16-12)6-14-9(2)13(17)18-3/h4-5,7,9,14H,6H2,1-3H3,(H,15,16). The van der Waals surface area contributed by atoms with Gasteiger partial charge in [0.25, 0.3) is 0 Å². The number of carbonyl (C=O) groups excluding carboxylic acids is 1. The van der Waals surface area contributed by atoms with Crippen molar-refractivity contribution in [3.63, 3.8) is 0 Å². The highest BCUT2D eigenvalue weighted by Gasteiger charge is 2.15. The van der Waals surface area contributed by atoms with Crippen LogP contribution >= 0.6 is 0 Å². The van der Waals surface area contributed by atoms with Crippen molar-refractivity contribution in [3.05, 3.63) is 29.7 Å². The van der Waals surface area contributed by atoms with E-state index >= 15 is 0 Å². The second kappa shape index (κ2) is 5.71. The van der Waals surface area contributed by atoms with Gasteiger partial charge in [0.15, 0.2) is 5.76 Å². The van der Waals surface area contributed by atoms with E-state index in [-0.39, 0.29) is 12.0 Å². The first-order valence-corrected chi connectivity index (χ1v) is 6.02. The summed E-state index contributed by atoms with van der Waals surface area (Å²) in [5.74, 6) is 1.28. The van der Waals surface area contributed by atoms with Crippen LogP contribution in [0.5, 0.6) is 0 Å². The molecule has 6 nitrogen and oxygen atoms in total. The van der Waals surface area contributed by atoms with Crippen LogP contribution in [0.4, 0.5) is 0 Å². The second-order valence-electron chi connectivity index (χ2n) is 4.31. The predicted octanol–water partition coefficient (Wildman–Crippen LogP) is 1.63. The number of nitrogens with one attached hydrogen (secondary N) is 2. The highest BCUT2D eigenvalue weighted by Crippen LogP contribution is 2.23. The average molecular weight is 263 g/mol. The molecule has 1 unspecified atom stereocenters. The number of aromatic amines is 1. The fourth-order valence-corrected chi connectivity index (χ4v) is 1.75. The van der Waals surface area contributed by atoms with Gasteiger partial charge in [-0.25, -0.2) is 0 Å². The van der Waals surface area contributed by atoms with Crippen molar-refractivity contribution >= 4 is 5.97 Å². The molecular weight excluding hydrogens is 246 g/mol. The molecule has 0 radical (unpaired) electrons. The number of rotatable bonds is 5. The minimum Gasteiger partial charge on any atom is -0.468 e. The molecule has 0 bridgehead atoms. The maximum Gasteiger partial charge on any atom is 0.322 e. The summed E-state index contributed by atoms with van der Waals surface area (Å²) in [6.45, 7) is 4.14. The SMILES string of the molecule is COC(=O)C(C)NCc1cn[nH]c1-c1ccc(C)o1. The number of aryl methyl sites for hydroxylation is 1. The van der Waals surface area contributed by atoms with Crippen molar-refractivity contribution in [3.8, 4) is 11.5 Å². The molecule has 19 heavy (non-hydrogen) atoms. The summed E-state index contributed by atoms with van der Waals surface area (Å²) in [6.07, 6.45) is 1.71. The van der Waals surface area contributed by atoms with E-state index in [9.17, 15) is 4.79 Å². The van der Waals surface area contributed by atoms with E-state index in [2.05, 4.69) is 20.3 Å². The summed E-state index contributed by atoms with van der Waals surface area (Å²) in [6, 6.07) is 3.41. The minimum atomic E-state index is -0.369. The van der Waals surface area contributed by atoms with Gasteiger partial charge in [0.05, 0.1) is 13.3 Å². The van der Waals surface area contributed by atoms with Gasteiger partial charge in [-0.3, -0.25) is 9.89 Å². The zero-order valence-corrected chi connectivity index (χ0v) is 11.2. The molecule has 0 aliphatic carbocycles. The van der Waals surface area contributed by atoms with Crippen molar-refractivity contribution in [2.24, 2.45) is 0 Å². The third kappa shape index (κ3) is 3.03. The van der Waals surface area contributed by atoms with Crippen molar-refractivity contribution in [1.29, 1.82) is 0 Å². The maximum absolute atomic E-state index is 11.3. The molecular formula is C13H17N3O3. The van der Waals surface area contributed by atoms with Crippen molar-refractivity contribution in [2.45, 2.75) is 26.4 Å². The Bertz CT molecular complexity index is 559. The molecule has 0 saturated carbocycles. The van der Waals surface area contributed by atoms with Crippen LogP contribution in [-0.4, -0.2) is 29.3 Å². The van der Waals surface area contributed by atoms with Crippen LogP contribution in [0.1, 0.15) is 18.2 Å². The number of esters is 1. The van der Waals surface area contributed by atoms with Crippen LogP contribution in [0, 0.1) is 6.92 Å². The summed E-state index contributed by atoms with van der Waals surface area (Å²) in [5.41, 5.74) is 1.75. The van der Waals surface area contributed by atoms with E-state index in [4.69, 9.17) is 4.42 Å². The quantitative estimate of drug-likeness (QED) is 0.801. The molecule has 0 spiro atoms. The van der Waals surface area contributed by atoms with Gasteiger partial charge >= 0.3 is 5.97 Å². The predicted molar refractivity (Wildman–Crippen MR) is 69.3 cm³/mol. The Morgan fingerprint density at radius 1 is 1.58 bits per heavy atom. The number of nitrogens with zero attached hydrogens (tertiary/aromatic N) is 1. The molecule has 2 N–H and O–H groups in total. The molecule has 6 heteroatoms. The molecule has 1 atom stereocenters. The minimum absolute atomic E-state index is 0.293. The third-order valence-electron chi connectivity index (χ3n) is 2.86. The summed E-state index contributed by atoms with van der Waals surface area (Å²) < 4.78 is 10.2. The van der Waals surface area contributed by atoms with E-state index in [0.29, 0.717) is 6.54 Å². The van der Waals surface area contributed by atoms with Crippen molar-refractivity contribution in [2.75, 3.05) is 7.11 Å². The number of aromatic nitrogens is 2. The van der Waals surface area contributed by atoms with Gasteiger partial charge in [0.1, 0.15) is 17.5 Å². The number of hydrogen-bond acceptors (Lipinski definition) is 5. The second-order valence-corrected chi connectivity index (χ2v) is 4.31. The molecule has 2 rings (SSSR count). The zero-order valence-electron chi connectivity index (χ0n) is 11.2. The Kier molecular flexibility index (Phi) is 4.01. The Hall–Kier alpha value is -2.08. The van der Waals surface area contributed by atoms with E-state index < -0.39 is 0 Å². The van der Waals surface area contributed by atoms with Crippen LogP contribution in [0.15, 0.2) is 22.7 Å². The summed E-state index contributed by atoms with van der Waals surface area (Å²) >= 11 is 0. The van der Waals surface area contributed by atoms with E-state index in [1.807, 2.05) is 19.1 Å². The van der Waals surface area contributed by atoms with Crippen LogP contribution < -0.4 is 5.32 Å². The van der Waals surface area contributed by atoms with Crippen LogP contribution in [-0.2, 0) is 16.1 Å². The first kappa shape index (κ1) is 13.4. The molecule has 0 amide bonds. The van der Waals surface area contributed by atoms with Crippen molar-refractivity contribution < 1.29 is 13.9 Å². The lowest BCUT2D eigenvalue weighted by atomic mass is 10.2. The van der Waals surface area contributed by atoms with Gasteiger partial charge in [0, 0.05) is 12.1 Å². The molecule has 0 aliphatic rings. The monoisotopic (exact) mass is 263 g/mol. The molecule has 2 aromatic rings. The third-order valence-corrected chi connectivity index (χ3v) is 2.86. The zero-order chi connectivity index (χ0) is 13.8. The molecule has 0 aromatic carbocycles. The molecule has 102 valence electrons. The van der Waals surface area contributed by atoms with Gasteiger partial charge in [-0.2, -0.15) is 5.10 Å². The lowest BCUT2D eigenvalue weighted by molar-refractivity contribution is -0.142. The number of carbonyl (C=O) groups is 1. The summed E-state index contributed by atoms with van der Waals surface area (Å²) in [5, 5.41) is 9.99. The lowest BCUT2D eigenvalue weighted by Gasteiger charge is -2.10. The van der Waals surface area contributed by atoms with Gasteiger partial charge in [0.2, 0.25) is 0 Å². The Morgan fingerprint density at radius 3 is 3.00 bits per heavy atom. The number of furan rings is 1. The first-order valence-electron chi connectivity index (χ1n) is 6.02. The van der Waals surface area contributed by atoms with E-state index in [0.717, 1.165) is 22.8 Å². The maximum atomic E-state index is 11.3. The van der Waals surface area contributed by atoms with Gasteiger partial charge in [-0.1, -0.05) is 0 Å². The van der Waals surface area contributed by atoms with Crippen LogP contribution in [0.2, 0.25) is 0 Å². The number of ether oxygens (including phenoxy) is 1. The molecule has 2 aromatic heterocycles. The summed E-state index contributed by atoms with van der Waals surface area (Å²) in [7, 11) is 1.37. The number of methoxy groups -OCH3 is 1. The molecule has 0 fully saturated rings. The highest BCUT2D eigenvalue weighted by molar-refractivity contribution is 5.75. The Labute approximate surface area is 111 Å². The van der Waals surface area contributed by atoms with E-state index in [1.165, 1.54) is 7.11 Å². The lowest BCUT2D eigenvalue weighted by Crippen LogP contribution is -2.34. The largest absolute Gasteiger partial charge is 0.468 e. The highest BCUT2D eigenvalue weighted by atomic mass is 16.5. The smallest absolute Gasteiger partial charge is 0.322 e. The topological polar surface area (TPSA) is 80.1 Å². The molecule has 0 saturated heterocycles. The Morgan fingerprint density at radius 2 is 2.37 bits per heavy atom. The normalized spacial score (nSPS) is 12.4. The van der Waals surface area contributed by atoms with Gasteiger partial charge in [-0.05, 0) is 26.0 Å². The van der Waals surface area contributed by atoms with Crippen LogP contribution in [0.25, 0.3) is 11.5 Å². The fourth-order valence-electron chi connectivity index (χ4n) is 1.75. The number of hydrogen-bond donors (Lipinski definition) is 2. The molecule has 0 aliphatic heterocycles. The number of H-pyrrole nitrogens is 1. The average Bonchev–Trinajstić information content (AvgIpc) is 3.03. The van der Waals surface area contributed by atoms with Crippen LogP contribution in [0.3, 0.4) is 0 Å².